The molecule has 2 aromatic rings. The Bertz CT molecular complexity index is 1000. The van der Waals surface area contributed by atoms with Crippen molar-refractivity contribution in [1.82, 2.24) is 0 Å². The highest BCUT2D eigenvalue weighted by Crippen LogP contribution is 2.39. The van der Waals surface area contributed by atoms with Crippen LogP contribution >= 0.6 is 24.0 Å². The van der Waals surface area contributed by atoms with Crippen molar-refractivity contribution in [3.8, 4) is 11.5 Å². The molecule has 0 aliphatic carbocycles. The predicted octanol–water partition coefficient (Wildman–Crippen LogP) is 3.96. The fourth-order valence-corrected chi connectivity index (χ4v) is 4.04. The summed E-state index contributed by atoms with van der Waals surface area (Å²) in [6.45, 7) is 1.68. The van der Waals surface area contributed by atoms with E-state index in [9.17, 15) is 9.59 Å². The van der Waals surface area contributed by atoms with Crippen molar-refractivity contribution in [1.29, 1.82) is 0 Å². The summed E-state index contributed by atoms with van der Waals surface area (Å²) in [6, 6.07) is 12.8. The molecular weight excluding hydrogens is 410 g/mol. The Balaban J connectivity index is 1.95. The second kappa shape index (κ2) is 9.11. The third kappa shape index (κ3) is 4.60. The number of benzene rings is 2. The van der Waals surface area contributed by atoms with Crippen molar-refractivity contribution in [2.75, 3.05) is 25.7 Å². The first-order valence-corrected chi connectivity index (χ1v) is 9.88. The van der Waals surface area contributed by atoms with Crippen LogP contribution in [0.5, 0.6) is 11.5 Å². The van der Waals surface area contributed by atoms with E-state index in [-0.39, 0.29) is 12.5 Å². The lowest BCUT2D eigenvalue weighted by Crippen LogP contribution is -2.27. The third-order valence-electron chi connectivity index (χ3n) is 4.13. The minimum absolute atomic E-state index is 0.215. The Kier molecular flexibility index (Phi) is 6.56. The monoisotopic (exact) mass is 429 g/mol. The largest absolute Gasteiger partial charge is 0.493 e. The van der Waals surface area contributed by atoms with Gasteiger partial charge in [0.25, 0.3) is 5.91 Å². The van der Waals surface area contributed by atoms with Gasteiger partial charge in [-0.3, -0.25) is 9.69 Å². The number of thioether (sulfide) groups is 1. The number of thiocarbonyl (C=S) groups is 1. The van der Waals surface area contributed by atoms with Gasteiger partial charge in [-0.25, -0.2) is 4.79 Å². The van der Waals surface area contributed by atoms with E-state index in [1.54, 1.807) is 24.3 Å². The Morgan fingerprint density at radius 3 is 2.66 bits per heavy atom. The SMILES string of the molecule is COC(=O)COc1c(/C=C2\SC(=S)N(c3cccc(C)c3)C2=O)cccc1OC. The maximum Gasteiger partial charge on any atom is 0.343 e. The van der Waals surface area contributed by atoms with E-state index in [0.29, 0.717) is 26.3 Å². The molecule has 6 nitrogen and oxygen atoms in total. The smallest absolute Gasteiger partial charge is 0.343 e. The molecule has 0 spiro atoms. The summed E-state index contributed by atoms with van der Waals surface area (Å²) in [4.78, 5) is 26.5. The Hall–Kier alpha value is -2.84. The number of nitrogens with zero attached hydrogens (tertiary/aromatic N) is 1. The molecule has 0 unspecified atom stereocenters. The zero-order valence-corrected chi connectivity index (χ0v) is 17.8. The summed E-state index contributed by atoms with van der Waals surface area (Å²) >= 11 is 6.64. The molecule has 0 radical (unpaired) electrons. The first-order valence-electron chi connectivity index (χ1n) is 8.66. The average Bonchev–Trinajstić information content (AvgIpc) is 2.99. The van der Waals surface area contributed by atoms with Crippen LogP contribution in [0.15, 0.2) is 47.4 Å². The van der Waals surface area contributed by atoms with Crippen molar-refractivity contribution in [2.45, 2.75) is 6.92 Å². The van der Waals surface area contributed by atoms with Gasteiger partial charge in [0.1, 0.15) is 0 Å². The normalized spacial score (nSPS) is 15.0. The number of anilines is 1. The zero-order chi connectivity index (χ0) is 21.0. The molecule has 0 aromatic heterocycles. The van der Waals surface area contributed by atoms with Gasteiger partial charge in [0.2, 0.25) is 0 Å². The molecule has 1 aliphatic rings. The highest BCUT2D eigenvalue weighted by molar-refractivity contribution is 8.27. The lowest BCUT2D eigenvalue weighted by Gasteiger charge is -2.15. The lowest BCUT2D eigenvalue weighted by molar-refractivity contribution is -0.142. The number of ether oxygens (including phenoxy) is 3. The van der Waals surface area contributed by atoms with Gasteiger partial charge in [-0.05, 0) is 36.8 Å². The number of para-hydroxylation sites is 1. The fourth-order valence-electron chi connectivity index (χ4n) is 2.75. The molecule has 150 valence electrons. The second-order valence-corrected chi connectivity index (χ2v) is 7.78. The van der Waals surface area contributed by atoms with E-state index in [2.05, 4.69) is 4.74 Å². The van der Waals surface area contributed by atoms with Gasteiger partial charge in [-0.1, -0.05) is 48.2 Å². The Morgan fingerprint density at radius 2 is 1.97 bits per heavy atom. The van der Waals surface area contributed by atoms with Gasteiger partial charge in [0.05, 0.1) is 24.8 Å². The molecule has 0 N–H and O–H groups in total. The van der Waals surface area contributed by atoms with Gasteiger partial charge in [0, 0.05) is 5.56 Å². The maximum atomic E-state index is 13.0. The number of hydrogen-bond donors (Lipinski definition) is 0. The summed E-state index contributed by atoms with van der Waals surface area (Å²) in [5.74, 6) is 0.0537. The topological polar surface area (TPSA) is 65.1 Å². The first kappa shape index (κ1) is 20.9. The number of carbonyl (C=O) groups is 2. The molecule has 1 saturated heterocycles. The fraction of sp³-hybridized carbons (Fsp3) is 0.190. The lowest BCUT2D eigenvalue weighted by atomic mass is 10.1. The van der Waals surface area contributed by atoms with Crippen LogP contribution in [0, 0.1) is 6.92 Å². The molecule has 29 heavy (non-hydrogen) atoms. The Morgan fingerprint density at radius 1 is 1.21 bits per heavy atom. The quantitative estimate of drug-likeness (QED) is 0.391. The van der Waals surface area contributed by atoms with Gasteiger partial charge in [0.15, 0.2) is 22.4 Å². The summed E-state index contributed by atoms with van der Waals surface area (Å²) in [5, 5.41) is 0. The van der Waals surface area contributed by atoms with Crippen LogP contribution in [-0.2, 0) is 14.3 Å². The highest BCUT2D eigenvalue weighted by Gasteiger charge is 2.33. The van der Waals surface area contributed by atoms with E-state index < -0.39 is 5.97 Å². The number of methoxy groups -OCH3 is 2. The maximum absolute atomic E-state index is 13.0. The van der Waals surface area contributed by atoms with Crippen LogP contribution in [0.3, 0.4) is 0 Å². The average molecular weight is 430 g/mol. The molecule has 2 aromatic carbocycles. The third-order valence-corrected chi connectivity index (χ3v) is 5.43. The van der Waals surface area contributed by atoms with E-state index in [1.165, 1.54) is 30.9 Å². The van der Waals surface area contributed by atoms with Crippen molar-refractivity contribution in [3.05, 3.63) is 58.5 Å². The molecule has 1 aliphatic heterocycles. The van der Waals surface area contributed by atoms with E-state index in [1.807, 2.05) is 31.2 Å². The highest BCUT2D eigenvalue weighted by atomic mass is 32.2. The predicted molar refractivity (Wildman–Crippen MR) is 117 cm³/mol. The second-order valence-electron chi connectivity index (χ2n) is 6.10. The molecule has 1 fully saturated rings. The minimum atomic E-state index is -0.521. The molecule has 0 atom stereocenters. The van der Waals surface area contributed by atoms with Gasteiger partial charge in [-0.15, -0.1) is 0 Å². The summed E-state index contributed by atoms with van der Waals surface area (Å²) in [5.41, 5.74) is 2.36. The van der Waals surface area contributed by atoms with Crippen LogP contribution < -0.4 is 14.4 Å². The Labute approximate surface area is 178 Å². The summed E-state index contributed by atoms with van der Waals surface area (Å²) in [6.07, 6.45) is 1.68. The van der Waals surface area contributed by atoms with Gasteiger partial charge < -0.3 is 14.2 Å². The molecule has 1 amide bonds. The summed E-state index contributed by atoms with van der Waals surface area (Å²) < 4.78 is 16.0. The van der Waals surface area contributed by atoms with E-state index in [4.69, 9.17) is 21.7 Å². The van der Waals surface area contributed by atoms with E-state index in [0.717, 1.165) is 11.3 Å². The number of amides is 1. The van der Waals surface area contributed by atoms with Crippen molar-refractivity contribution in [3.63, 3.8) is 0 Å². The number of hydrogen-bond acceptors (Lipinski definition) is 7. The zero-order valence-electron chi connectivity index (χ0n) is 16.1. The molecular formula is C21H19NO5S2. The van der Waals surface area contributed by atoms with Crippen molar-refractivity contribution < 1.29 is 23.8 Å². The number of carbonyl (C=O) groups excluding carboxylic acids is 2. The number of esters is 1. The van der Waals surface area contributed by atoms with Crippen LogP contribution in [0.4, 0.5) is 5.69 Å². The number of aryl methyl sites for hydroxylation is 1. The standard InChI is InChI=1S/C21H19NO5S2/c1-13-6-4-8-15(10-13)22-20(24)17(29-21(22)28)11-14-7-5-9-16(25-2)19(14)27-12-18(23)26-3/h4-11H,12H2,1-3H3/b17-11-. The van der Waals surface area contributed by atoms with Crippen LogP contribution in [0.1, 0.15) is 11.1 Å². The van der Waals surface area contributed by atoms with Gasteiger partial charge >= 0.3 is 5.97 Å². The van der Waals surface area contributed by atoms with Crippen LogP contribution in [0.2, 0.25) is 0 Å². The summed E-state index contributed by atoms with van der Waals surface area (Å²) in [7, 11) is 2.78. The molecule has 0 bridgehead atoms. The number of rotatable bonds is 6. The van der Waals surface area contributed by atoms with Gasteiger partial charge in [-0.2, -0.15) is 0 Å². The van der Waals surface area contributed by atoms with Crippen LogP contribution in [-0.4, -0.2) is 37.0 Å². The van der Waals surface area contributed by atoms with Crippen LogP contribution in [0.25, 0.3) is 6.08 Å². The molecule has 3 rings (SSSR count). The molecule has 8 heteroatoms. The minimum Gasteiger partial charge on any atom is -0.493 e. The van der Waals surface area contributed by atoms with Crippen molar-refractivity contribution >= 4 is 51.9 Å². The first-order chi connectivity index (χ1) is 13.9. The molecule has 0 saturated carbocycles. The molecule has 1 heterocycles. The van der Waals surface area contributed by atoms with E-state index >= 15 is 0 Å². The van der Waals surface area contributed by atoms with Crippen molar-refractivity contribution in [2.24, 2.45) is 0 Å².